The summed E-state index contributed by atoms with van der Waals surface area (Å²) in [6.45, 7) is 5.39. The normalized spacial score (nSPS) is 15.7. The largest absolute Gasteiger partial charge is 0.494 e. The fraction of sp³-hybridized carbons (Fsp3) is 0.417. The minimum absolute atomic E-state index is 0.161. The second-order valence-corrected chi connectivity index (χ2v) is 8.04. The number of nitrogens with zero attached hydrogens (tertiary/aromatic N) is 2. The first-order valence-corrected chi connectivity index (χ1v) is 10.9. The number of hydrogen-bond donors (Lipinski definition) is 2. The Morgan fingerprint density at radius 3 is 2.77 bits per heavy atom. The molecule has 0 radical (unpaired) electrons. The number of hydrogen-bond acceptors (Lipinski definition) is 5. The van der Waals surface area contributed by atoms with Crippen molar-refractivity contribution in [1.29, 1.82) is 0 Å². The predicted octanol–water partition coefficient (Wildman–Crippen LogP) is 2.93. The molecule has 0 saturated heterocycles. The molecular formula is C24H29N3O4. The van der Waals surface area contributed by atoms with Gasteiger partial charge in [0.2, 0.25) is 5.91 Å². The van der Waals surface area contributed by atoms with Gasteiger partial charge in [0.25, 0.3) is 5.91 Å². The Morgan fingerprint density at radius 1 is 1.13 bits per heavy atom. The number of fused-ring (bicyclic) bond motifs is 2. The molecule has 31 heavy (non-hydrogen) atoms. The number of carbonyl (C=O) groups excluding carboxylic acids is 2. The Bertz CT molecular complexity index is 975. The number of para-hydroxylation sites is 1. The fourth-order valence-corrected chi connectivity index (χ4v) is 4.56. The molecule has 0 spiro atoms. The summed E-state index contributed by atoms with van der Waals surface area (Å²) in [6, 6.07) is 11.6. The maximum Gasteiger partial charge on any atom is 0.274 e. The highest BCUT2D eigenvalue weighted by molar-refractivity contribution is 5.95. The van der Waals surface area contributed by atoms with Crippen LogP contribution in [-0.2, 0) is 24.2 Å². The molecule has 2 amide bonds. The molecule has 0 unspecified atom stereocenters. The highest BCUT2D eigenvalue weighted by atomic mass is 16.5. The molecule has 0 fully saturated rings. The number of ether oxygens (including phenoxy) is 1. The van der Waals surface area contributed by atoms with Crippen molar-refractivity contribution < 1.29 is 19.5 Å². The minimum atomic E-state index is -0.540. The van der Waals surface area contributed by atoms with E-state index in [1.807, 2.05) is 36.1 Å². The van der Waals surface area contributed by atoms with Crippen LogP contribution >= 0.6 is 0 Å². The Balaban J connectivity index is 1.46. The number of amides is 2. The molecule has 0 bridgehead atoms. The number of nitrogens with one attached hydrogen (secondary N) is 1. The molecule has 0 aromatic heterocycles. The molecule has 7 nitrogen and oxygen atoms in total. The van der Waals surface area contributed by atoms with E-state index in [0.717, 1.165) is 49.2 Å². The molecule has 0 saturated carbocycles. The number of anilines is 1. The van der Waals surface area contributed by atoms with Gasteiger partial charge >= 0.3 is 0 Å². The lowest BCUT2D eigenvalue weighted by molar-refractivity contribution is -0.118. The van der Waals surface area contributed by atoms with E-state index >= 15 is 0 Å². The van der Waals surface area contributed by atoms with E-state index in [4.69, 9.17) is 9.94 Å². The molecule has 2 aliphatic rings. The van der Waals surface area contributed by atoms with Gasteiger partial charge in [0.1, 0.15) is 5.75 Å². The van der Waals surface area contributed by atoms with Crippen LogP contribution in [0.15, 0.2) is 36.4 Å². The molecule has 0 atom stereocenters. The van der Waals surface area contributed by atoms with Gasteiger partial charge in [-0.2, -0.15) is 0 Å². The Morgan fingerprint density at radius 2 is 1.97 bits per heavy atom. The van der Waals surface area contributed by atoms with Crippen molar-refractivity contribution in [3.8, 4) is 5.75 Å². The molecule has 2 N–H and O–H groups in total. The quantitative estimate of drug-likeness (QED) is 0.552. The molecule has 2 aromatic rings. The van der Waals surface area contributed by atoms with E-state index in [2.05, 4.69) is 11.0 Å². The monoisotopic (exact) mass is 423 g/mol. The van der Waals surface area contributed by atoms with Crippen LogP contribution in [0.5, 0.6) is 5.75 Å². The number of carbonyl (C=O) groups is 2. The van der Waals surface area contributed by atoms with Gasteiger partial charge in [-0.05, 0) is 62.1 Å². The van der Waals surface area contributed by atoms with Crippen LogP contribution in [0.2, 0.25) is 0 Å². The summed E-state index contributed by atoms with van der Waals surface area (Å²) in [5.41, 5.74) is 6.50. The first kappa shape index (κ1) is 21.3. The van der Waals surface area contributed by atoms with Gasteiger partial charge in [-0.1, -0.05) is 18.2 Å². The summed E-state index contributed by atoms with van der Waals surface area (Å²) in [6.07, 6.45) is 3.15. The number of hydroxylamine groups is 1. The summed E-state index contributed by atoms with van der Waals surface area (Å²) in [5.74, 6) is 0.293. The van der Waals surface area contributed by atoms with Gasteiger partial charge in [-0.3, -0.25) is 19.7 Å². The van der Waals surface area contributed by atoms with Gasteiger partial charge in [0.15, 0.2) is 0 Å². The van der Waals surface area contributed by atoms with E-state index in [1.54, 1.807) is 11.5 Å². The number of benzene rings is 2. The molecule has 2 aliphatic heterocycles. The van der Waals surface area contributed by atoms with Gasteiger partial charge in [-0.25, -0.2) is 5.48 Å². The van der Waals surface area contributed by atoms with E-state index in [9.17, 15) is 9.59 Å². The average Bonchev–Trinajstić information content (AvgIpc) is 3.11. The van der Waals surface area contributed by atoms with Crippen LogP contribution in [0, 0.1) is 0 Å². The average molecular weight is 424 g/mol. The van der Waals surface area contributed by atoms with Gasteiger partial charge < -0.3 is 9.64 Å². The van der Waals surface area contributed by atoms with Crippen molar-refractivity contribution >= 4 is 17.5 Å². The van der Waals surface area contributed by atoms with Crippen LogP contribution in [0.1, 0.15) is 46.8 Å². The van der Waals surface area contributed by atoms with Crippen molar-refractivity contribution in [2.45, 2.75) is 39.2 Å². The maximum absolute atomic E-state index is 12.9. The van der Waals surface area contributed by atoms with Crippen LogP contribution in [0.3, 0.4) is 0 Å². The minimum Gasteiger partial charge on any atom is -0.494 e. The third-order valence-corrected chi connectivity index (χ3v) is 6.10. The summed E-state index contributed by atoms with van der Waals surface area (Å²) >= 11 is 0. The zero-order valence-electron chi connectivity index (χ0n) is 17.9. The molecular weight excluding hydrogens is 394 g/mol. The third kappa shape index (κ3) is 4.57. The highest BCUT2D eigenvalue weighted by Gasteiger charge is 2.25. The molecule has 2 heterocycles. The van der Waals surface area contributed by atoms with Gasteiger partial charge in [0.05, 0.1) is 6.61 Å². The van der Waals surface area contributed by atoms with E-state index in [-0.39, 0.29) is 5.91 Å². The lowest BCUT2D eigenvalue weighted by Gasteiger charge is -2.24. The summed E-state index contributed by atoms with van der Waals surface area (Å²) in [5, 5.41) is 9.00. The molecule has 0 aliphatic carbocycles. The SMILES string of the molecule is CCOc1cc(C(=O)NO)cc2c1CN(CCC(=O)N1CCc3ccccc31)CCC2. The predicted molar refractivity (Wildman–Crippen MR) is 118 cm³/mol. The number of aryl methyl sites for hydroxylation is 1. The first-order chi connectivity index (χ1) is 15.1. The van der Waals surface area contributed by atoms with Gasteiger partial charge in [0, 0.05) is 42.9 Å². The van der Waals surface area contributed by atoms with Crippen LogP contribution in [-0.4, -0.2) is 48.2 Å². The second kappa shape index (κ2) is 9.49. The molecule has 164 valence electrons. The van der Waals surface area contributed by atoms with Crippen molar-refractivity contribution in [3.63, 3.8) is 0 Å². The zero-order chi connectivity index (χ0) is 21.8. The van der Waals surface area contributed by atoms with E-state index in [0.29, 0.717) is 37.4 Å². The highest BCUT2D eigenvalue weighted by Crippen LogP contribution is 2.31. The number of rotatable bonds is 6. The van der Waals surface area contributed by atoms with Crippen LogP contribution in [0.25, 0.3) is 0 Å². The fourth-order valence-electron chi connectivity index (χ4n) is 4.56. The van der Waals surface area contributed by atoms with E-state index in [1.165, 1.54) is 5.56 Å². The van der Waals surface area contributed by atoms with Crippen molar-refractivity contribution in [1.82, 2.24) is 10.4 Å². The van der Waals surface area contributed by atoms with Crippen LogP contribution in [0.4, 0.5) is 5.69 Å². The molecule has 2 aromatic carbocycles. The Labute approximate surface area is 182 Å². The lowest BCUT2D eigenvalue weighted by Crippen LogP contribution is -2.33. The van der Waals surface area contributed by atoms with Crippen molar-refractivity contribution in [3.05, 3.63) is 58.7 Å². The Hall–Kier alpha value is -2.90. The molecule has 4 rings (SSSR count). The van der Waals surface area contributed by atoms with Crippen molar-refractivity contribution in [2.75, 3.05) is 31.1 Å². The first-order valence-electron chi connectivity index (χ1n) is 10.9. The lowest BCUT2D eigenvalue weighted by atomic mass is 9.99. The van der Waals surface area contributed by atoms with Gasteiger partial charge in [-0.15, -0.1) is 0 Å². The summed E-state index contributed by atoms with van der Waals surface area (Å²) in [7, 11) is 0. The maximum atomic E-state index is 12.9. The Kier molecular flexibility index (Phi) is 6.53. The standard InChI is InChI=1S/C24H29N3O4/c1-2-31-22-15-19(24(29)25-30)14-18-7-5-11-26(16-20(18)22)12-10-23(28)27-13-9-17-6-3-4-8-21(17)27/h3-4,6,8,14-15,30H,2,5,7,9-13,16H2,1H3,(H,25,29). The summed E-state index contributed by atoms with van der Waals surface area (Å²) in [4.78, 5) is 29.0. The second-order valence-electron chi connectivity index (χ2n) is 8.04. The van der Waals surface area contributed by atoms with Crippen LogP contribution < -0.4 is 15.1 Å². The topological polar surface area (TPSA) is 82.1 Å². The zero-order valence-corrected chi connectivity index (χ0v) is 17.9. The summed E-state index contributed by atoms with van der Waals surface area (Å²) < 4.78 is 5.83. The smallest absolute Gasteiger partial charge is 0.274 e. The van der Waals surface area contributed by atoms with E-state index < -0.39 is 5.91 Å². The van der Waals surface area contributed by atoms with Crippen molar-refractivity contribution in [2.24, 2.45) is 0 Å². The molecule has 7 heteroatoms. The third-order valence-electron chi connectivity index (χ3n) is 6.10.